The summed E-state index contributed by atoms with van der Waals surface area (Å²) in [7, 11) is 0. The molecule has 5 heteroatoms. The van der Waals surface area contributed by atoms with Crippen LogP contribution in [-0.4, -0.2) is 37.5 Å². The Balaban J connectivity index is 1.53. The second kappa shape index (κ2) is 6.92. The third kappa shape index (κ3) is 3.47. The van der Waals surface area contributed by atoms with E-state index in [9.17, 15) is 9.59 Å². The highest BCUT2D eigenvalue weighted by Crippen LogP contribution is 2.26. The maximum atomic E-state index is 12.4. The molecule has 1 aromatic rings. The SMILES string of the molecule is O=C(CC1CCCN1)NCC(=O)N1CCCc2ccccc21. The highest BCUT2D eigenvalue weighted by Gasteiger charge is 2.23. The molecule has 1 atom stereocenters. The monoisotopic (exact) mass is 301 g/mol. The molecular formula is C17H23N3O2. The summed E-state index contributed by atoms with van der Waals surface area (Å²) < 4.78 is 0. The summed E-state index contributed by atoms with van der Waals surface area (Å²) in [5.41, 5.74) is 2.20. The maximum absolute atomic E-state index is 12.4. The average Bonchev–Trinajstić information content (AvgIpc) is 3.05. The van der Waals surface area contributed by atoms with E-state index in [1.54, 1.807) is 4.90 Å². The summed E-state index contributed by atoms with van der Waals surface area (Å²) in [4.78, 5) is 26.1. The van der Waals surface area contributed by atoms with E-state index >= 15 is 0 Å². The Hall–Kier alpha value is -1.88. The van der Waals surface area contributed by atoms with Crippen molar-refractivity contribution in [2.24, 2.45) is 0 Å². The minimum absolute atomic E-state index is 0.0279. The molecule has 22 heavy (non-hydrogen) atoms. The van der Waals surface area contributed by atoms with Crippen molar-refractivity contribution in [3.8, 4) is 0 Å². The van der Waals surface area contributed by atoms with Gasteiger partial charge < -0.3 is 15.5 Å². The highest BCUT2D eigenvalue weighted by molar-refractivity contribution is 5.97. The summed E-state index contributed by atoms with van der Waals surface area (Å²) in [6.45, 7) is 1.80. The zero-order valence-electron chi connectivity index (χ0n) is 12.8. The van der Waals surface area contributed by atoms with Gasteiger partial charge in [-0.15, -0.1) is 0 Å². The molecule has 118 valence electrons. The van der Waals surface area contributed by atoms with Crippen LogP contribution in [0.3, 0.4) is 0 Å². The number of para-hydroxylation sites is 1. The first-order chi connectivity index (χ1) is 10.7. The smallest absolute Gasteiger partial charge is 0.246 e. The lowest BCUT2D eigenvalue weighted by Crippen LogP contribution is -2.43. The third-order valence-electron chi connectivity index (χ3n) is 4.44. The van der Waals surface area contributed by atoms with Crippen LogP contribution < -0.4 is 15.5 Å². The van der Waals surface area contributed by atoms with E-state index in [2.05, 4.69) is 16.7 Å². The summed E-state index contributed by atoms with van der Waals surface area (Å²) in [6, 6.07) is 8.28. The molecule has 1 saturated heterocycles. The van der Waals surface area contributed by atoms with Crippen LogP contribution in [0, 0.1) is 0 Å². The summed E-state index contributed by atoms with van der Waals surface area (Å²) in [5.74, 6) is -0.0714. The van der Waals surface area contributed by atoms with Gasteiger partial charge in [-0.1, -0.05) is 18.2 Å². The largest absolute Gasteiger partial charge is 0.347 e. The normalized spacial score (nSPS) is 20.5. The standard InChI is InChI=1S/C17H23N3O2/c21-16(11-14-7-3-9-18-14)19-12-17(22)20-10-4-6-13-5-1-2-8-15(13)20/h1-2,5,8,14,18H,3-4,6-7,9-12H2,(H,19,21). The number of rotatable bonds is 4. The topological polar surface area (TPSA) is 61.4 Å². The molecular weight excluding hydrogens is 278 g/mol. The Kier molecular flexibility index (Phi) is 4.73. The second-order valence-electron chi connectivity index (χ2n) is 6.05. The molecule has 0 saturated carbocycles. The van der Waals surface area contributed by atoms with Gasteiger partial charge in [0.25, 0.3) is 0 Å². The molecule has 3 rings (SSSR count). The Morgan fingerprint density at radius 3 is 2.95 bits per heavy atom. The molecule has 0 radical (unpaired) electrons. The van der Waals surface area contributed by atoms with Crippen LogP contribution in [-0.2, 0) is 16.0 Å². The van der Waals surface area contributed by atoms with Gasteiger partial charge in [0.2, 0.25) is 11.8 Å². The van der Waals surface area contributed by atoms with Crippen molar-refractivity contribution in [3.63, 3.8) is 0 Å². The van der Waals surface area contributed by atoms with E-state index in [-0.39, 0.29) is 24.4 Å². The van der Waals surface area contributed by atoms with E-state index in [1.165, 1.54) is 5.56 Å². The Labute approximate surface area is 131 Å². The first-order valence-corrected chi connectivity index (χ1v) is 8.12. The zero-order valence-corrected chi connectivity index (χ0v) is 12.8. The average molecular weight is 301 g/mol. The first kappa shape index (κ1) is 15.0. The number of hydrogen-bond acceptors (Lipinski definition) is 3. The molecule has 1 fully saturated rings. The number of carbonyl (C=O) groups excluding carboxylic acids is 2. The number of benzene rings is 1. The third-order valence-corrected chi connectivity index (χ3v) is 4.44. The lowest BCUT2D eigenvalue weighted by Gasteiger charge is -2.29. The fraction of sp³-hybridized carbons (Fsp3) is 0.529. The van der Waals surface area contributed by atoms with Crippen LogP contribution >= 0.6 is 0 Å². The minimum Gasteiger partial charge on any atom is -0.347 e. The van der Waals surface area contributed by atoms with Crippen LogP contribution in [0.2, 0.25) is 0 Å². The molecule has 2 N–H and O–H groups in total. The molecule has 1 unspecified atom stereocenters. The minimum atomic E-state index is -0.0435. The number of anilines is 1. The summed E-state index contributed by atoms with van der Waals surface area (Å²) >= 11 is 0. The lowest BCUT2D eigenvalue weighted by molar-refractivity contribution is -0.125. The fourth-order valence-corrected chi connectivity index (χ4v) is 3.29. The quantitative estimate of drug-likeness (QED) is 0.879. The second-order valence-corrected chi connectivity index (χ2v) is 6.05. The molecule has 5 nitrogen and oxygen atoms in total. The van der Waals surface area contributed by atoms with Gasteiger partial charge in [-0.25, -0.2) is 0 Å². The Morgan fingerprint density at radius 2 is 2.14 bits per heavy atom. The molecule has 2 aliphatic rings. The molecule has 0 aromatic heterocycles. The van der Waals surface area contributed by atoms with Gasteiger partial charge in [0, 0.05) is 24.7 Å². The highest BCUT2D eigenvalue weighted by atomic mass is 16.2. The maximum Gasteiger partial charge on any atom is 0.246 e. The van der Waals surface area contributed by atoms with Crippen LogP contribution in [0.25, 0.3) is 0 Å². The predicted octanol–water partition coefficient (Wildman–Crippen LogP) is 1.22. The van der Waals surface area contributed by atoms with Crippen molar-refractivity contribution in [2.75, 3.05) is 24.5 Å². The number of fused-ring (bicyclic) bond motifs is 1. The zero-order chi connectivity index (χ0) is 15.4. The van der Waals surface area contributed by atoms with Crippen molar-refractivity contribution >= 4 is 17.5 Å². The molecule has 2 aliphatic heterocycles. The molecule has 0 bridgehead atoms. The van der Waals surface area contributed by atoms with Crippen molar-refractivity contribution in [2.45, 2.75) is 38.1 Å². The molecule has 0 aliphatic carbocycles. The molecule has 2 amide bonds. The van der Waals surface area contributed by atoms with Crippen LogP contribution in [0.15, 0.2) is 24.3 Å². The number of nitrogens with zero attached hydrogens (tertiary/aromatic N) is 1. The van der Waals surface area contributed by atoms with E-state index < -0.39 is 0 Å². The number of hydrogen-bond donors (Lipinski definition) is 2. The van der Waals surface area contributed by atoms with Gasteiger partial charge in [0.1, 0.15) is 0 Å². The predicted molar refractivity (Wildman–Crippen MR) is 85.8 cm³/mol. The van der Waals surface area contributed by atoms with Gasteiger partial charge in [-0.3, -0.25) is 9.59 Å². The first-order valence-electron chi connectivity index (χ1n) is 8.12. The van der Waals surface area contributed by atoms with E-state index in [1.807, 2.05) is 18.2 Å². The van der Waals surface area contributed by atoms with Gasteiger partial charge >= 0.3 is 0 Å². The van der Waals surface area contributed by atoms with Crippen LogP contribution in [0.1, 0.15) is 31.2 Å². The lowest BCUT2D eigenvalue weighted by atomic mass is 10.0. The van der Waals surface area contributed by atoms with E-state index in [0.717, 1.165) is 44.5 Å². The number of nitrogens with one attached hydrogen (secondary N) is 2. The van der Waals surface area contributed by atoms with Crippen LogP contribution in [0.5, 0.6) is 0 Å². The van der Waals surface area contributed by atoms with E-state index in [4.69, 9.17) is 0 Å². The summed E-state index contributed by atoms with van der Waals surface area (Å²) in [5, 5.41) is 6.06. The van der Waals surface area contributed by atoms with Gasteiger partial charge in [0.15, 0.2) is 0 Å². The Bertz CT molecular complexity index is 553. The van der Waals surface area contributed by atoms with Crippen molar-refractivity contribution < 1.29 is 9.59 Å². The van der Waals surface area contributed by atoms with Gasteiger partial charge in [-0.2, -0.15) is 0 Å². The van der Waals surface area contributed by atoms with Crippen molar-refractivity contribution in [3.05, 3.63) is 29.8 Å². The van der Waals surface area contributed by atoms with Crippen molar-refractivity contribution in [1.29, 1.82) is 0 Å². The van der Waals surface area contributed by atoms with Gasteiger partial charge in [-0.05, 0) is 43.9 Å². The molecule has 2 heterocycles. The molecule has 0 spiro atoms. The number of aryl methyl sites for hydroxylation is 1. The molecule has 1 aromatic carbocycles. The van der Waals surface area contributed by atoms with Crippen LogP contribution in [0.4, 0.5) is 5.69 Å². The van der Waals surface area contributed by atoms with Crippen molar-refractivity contribution in [1.82, 2.24) is 10.6 Å². The summed E-state index contributed by atoms with van der Waals surface area (Å²) in [6.07, 6.45) is 4.62. The fourth-order valence-electron chi connectivity index (χ4n) is 3.29. The van der Waals surface area contributed by atoms with Gasteiger partial charge in [0.05, 0.1) is 6.54 Å². The number of amides is 2. The Morgan fingerprint density at radius 1 is 1.27 bits per heavy atom. The van der Waals surface area contributed by atoms with E-state index in [0.29, 0.717) is 6.42 Å². The number of carbonyl (C=O) groups is 2.